The Morgan fingerprint density at radius 3 is 2.71 bits per heavy atom. The molecule has 0 unspecified atom stereocenters. The van der Waals surface area contributed by atoms with Crippen LogP contribution in [0.15, 0.2) is 23.2 Å². The minimum Gasteiger partial charge on any atom is -0.504 e. The van der Waals surface area contributed by atoms with Crippen molar-refractivity contribution in [3.8, 4) is 34.8 Å². The molecule has 2 aromatic rings. The van der Waals surface area contributed by atoms with Gasteiger partial charge in [-0.25, -0.2) is 0 Å². The van der Waals surface area contributed by atoms with E-state index in [-0.39, 0.29) is 83.1 Å². The van der Waals surface area contributed by atoms with Crippen LogP contribution in [0.3, 0.4) is 0 Å². The van der Waals surface area contributed by atoms with E-state index in [0.29, 0.717) is 54.8 Å². The number of hydrogen-bond acceptors (Lipinski definition) is 13. The van der Waals surface area contributed by atoms with Gasteiger partial charge in [0.1, 0.15) is 5.78 Å². The van der Waals surface area contributed by atoms with Gasteiger partial charge < -0.3 is 45.6 Å². The van der Waals surface area contributed by atoms with Crippen molar-refractivity contribution in [2.75, 3.05) is 19.1 Å². The van der Waals surface area contributed by atoms with Crippen LogP contribution in [0.4, 0.5) is 0 Å². The van der Waals surface area contributed by atoms with E-state index in [1.165, 1.54) is 6.07 Å². The van der Waals surface area contributed by atoms with Gasteiger partial charge in [-0.2, -0.15) is 0 Å². The number of Topliss-reactive ketones (excluding diaryl/α,β-unsaturated/α-hetero) is 1. The first kappa shape index (κ1) is 37.1. The summed E-state index contributed by atoms with van der Waals surface area (Å²) in [5.74, 6) is 7.66. The predicted octanol–water partition coefficient (Wildman–Crippen LogP) is 3.82. The lowest BCUT2D eigenvalue weighted by atomic mass is 9.72. The molecular weight excluding hydrogens is 703 g/mol. The number of rotatable bonds is 3. The van der Waals surface area contributed by atoms with Gasteiger partial charge in [-0.05, 0) is 67.6 Å². The molecule has 280 valence electrons. The Hall–Kier alpha value is -3.28. The molecule has 0 spiro atoms. The molecule has 0 saturated carbocycles. The maximum absolute atomic E-state index is 13.5. The molecule has 0 radical (unpaired) electrons. The number of phenolic OH excluding ortho intramolecular Hbond substituents is 2. The molecule has 2 aromatic carbocycles. The van der Waals surface area contributed by atoms with Gasteiger partial charge in [0.2, 0.25) is 6.29 Å². The van der Waals surface area contributed by atoms with E-state index in [2.05, 4.69) is 36.3 Å². The van der Waals surface area contributed by atoms with Crippen LogP contribution < -0.4 is 20.1 Å². The Kier molecular flexibility index (Phi) is 11.4. The zero-order chi connectivity index (χ0) is 36.5. The highest BCUT2D eigenvalue weighted by atomic mass is 33.1. The molecule has 5 aliphatic rings. The molecule has 8 atom stereocenters. The van der Waals surface area contributed by atoms with Crippen molar-refractivity contribution in [1.29, 1.82) is 0 Å². The monoisotopic (exact) mass is 751 g/mol. The number of carbonyl (C=O) groups excluding carboxylic acids is 1. The number of fused-ring (bicyclic) bond motifs is 9. The lowest BCUT2D eigenvalue weighted by molar-refractivity contribution is -0.121. The Labute approximate surface area is 312 Å². The van der Waals surface area contributed by atoms with Gasteiger partial charge in [-0.15, -0.1) is 0 Å². The van der Waals surface area contributed by atoms with Gasteiger partial charge in [0.05, 0.1) is 11.7 Å². The van der Waals surface area contributed by atoms with Crippen LogP contribution in [0.1, 0.15) is 73.8 Å². The fourth-order valence-corrected chi connectivity index (χ4v) is 12.0. The first-order valence-corrected chi connectivity index (χ1v) is 20.8. The molecule has 1 saturated heterocycles. The summed E-state index contributed by atoms with van der Waals surface area (Å²) in [6, 6.07) is 5.33. The van der Waals surface area contributed by atoms with E-state index in [0.717, 1.165) is 35.7 Å². The van der Waals surface area contributed by atoms with Crippen LogP contribution in [0, 0.1) is 35.5 Å². The third kappa shape index (κ3) is 7.69. The van der Waals surface area contributed by atoms with Crippen molar-refractivity contribution < 1.29 is 39.8 Å². The van der Waals surface area contributed by atoms with Crippen molar-refractivity contribution in [2.24, 2.45) is 28.7 Å². The Balaban J connectivity index is 1.32. The van der Waals surface area contributed by atoms with Gasteiger partial charge in [0.25, 0.3) is 0 Å². The van der Waals surface area contributed by atoms with Gasteiger partial charge in [-0.1, -0.05) is 59.4 Å². The molecule has 2 aliphatic carbocycles. The summed E-state index contributed by atoms with van der Waals surface area (Å²) < 4.78 is 11.7. The van der Waals surface area contributed by atoms with E-state index >= 15 is 0 Å². The average molecular weight is 752 g/mol. The highest BCUT2D eigenvalue weighted by molar-refractivity contribution is 8.77. The van der Waals surface area contributed by atoms with Crippen LogP contribution in [0.5, 0.6) is 23.0 Å². The summed E-state index contributed by atoms with van der Waals surface area (Å²) in [5.41, 5.74) is 3.26. The number of phenols is 2. The van der Waals surface area contributed by atoms with Crippen LogP contribution in [-0.4, -0.2) is 86.1 Å². The number of hydrogen-bond donors (Lipinski definition) is 7. The van der Waals surface area contributed by atoms with Crippen LogP contribution in [-0.2, 0) is 30.5 Å². The number of ketones is 1. The van der Waals surface area contributed by atoms with Gasteiger partial charge in [-0.3, -0.25) is 9.79 Å². The molecule has 7 bridgehead atoms. The molecule has 13 heteroatoms. The largest absolute Gasteiger partial charge is 0.504 e. The van der Waals surface area contributed by atoms with Crippen molar-refractivity contribution in [3.05, 3.63) is 46.0 Å². The number of aliphatic hydroxyl groups excluding tert-OH is 3. The molecule has 0 aromatic heterocycles. The van der Waals surface area contributed by atoms with E-state index in [1.54, 1.807) is 6.07 Å². The van der Waals surface area contributed by atoms with Crippen molar-refractivity contribution in [1.82, 2.24) is 10.6 Å². The summed E-state index contributed by atoms with van der Waals surface area (Å²) in [7, 11) is 3.70. The van der Waals surface area contributed by atoms with Gasteiger partial charge in [0, 0.05) is 71.9 Å². The SMILES string of the molecule is CC(C)[C@@H]1CSS[C@@H]2CC[C@H]3Cc4cc(c(O)c5c4C[C@@H]([C@H]2[C@@H]2CCN=C(N1)N2)[C@@H](O)O5)CC#Cc1c(ccc(O)c1OCO)CCC(=O)C[C@@H]3O. The first-order valence-electron chi connectivity index (χ1n) is 18.5. The normalized spacial score (nSPS) is 30.4. The topological polar surface area (TPSA) is 173 Å². The molecule has 0 amide bonds. The van der Waals surface area contributed by atoms with Gasteiger partial charge in [0.15, 0.2) is 35.8 Å². The van der Waals surface area contributed by atoms with Crippen LogP contribution in [0.2, 0.25) is 0 Å². The Morgan fingerprint density at radius 1 is 1.06 bits per heavy atom. The summed E-state index contributed by atoms with van der Waals surface area (Å²) in [4.78, 5) is 18.3. The number of ether oxygens (including phenoxy) is 2. The zero-order valence-electron chi connectivity index (χ0n) is 29.6. The second-order valence-electron chi connectivity index (χ2n) is 15.0. The molecule has 7 N–H and O–H groups in total. The lowest BCUT2D eigenvalue weighted by Gasteiger charge is -2.46. The van der Waals surface area contributed by atoms with Crippen molar-refractivity contribution in [2.45, 2.75) is 101 Å². The number of guanidine groups is 1. The van der Waals surface area contributed by atoms with E-state index in [9.17, 15) is 30.3 Å². The predicted molar refractivity (Wildman–Crippen MR) is 202 cm³/mol. The average Bonchev–Trinajstić information content (AvgIpc) is 3.11. The summed E-state index contributed by atoms with van der Waals surface area (Å²) >= 11 is 0. The van der Waals surface area contributed by atoms with Crippen LogP contribution in [0.25, 0.3) is 0 Å². The Bertz CT molecular complexity index is 1760. The van der Waals surface area contributed by atoms with Gasteiger partial charge >= 0.3 is 0 Å². The number of benzene rings is 2. The molecule has 3 aliphatic heterocycles. The second kappa shape index (κ2) is 16.0. The number of aromatic hydroxyl groups is 2. The number of nitrogens with zero attached hydrogens (tertiary/aromatic N) is 1. The molecule has 3 heterocycles. The van der Waals surface area contributed by atoms with Crippen molar-refractivity contribution in [3.63, 3.8) is 0 Å². The zero-order valence-corrected chi connectivity index (χ0v) is 31.3. The third-order valence-electron chi connectivity index (χ3n) is 11.4. The highest BCUT2D eigenvalue weighted by Crippen LogP contribution is 2.50. The number of aliphatic imine (C=N–C) groups is 1. The lowest BCUT2D eigenvalue weighted by Crippen LogP contribution is -2.58. The fourth-order valence-electron chi connectivity index (χ4n) is 8.50. The quantitative estimate of drug-likeness (QED) is 0.138. The summed E-state index contributed by atoms with van der Waals surface area (Å²) in [5, 5.41) is 62.9. The minimum atomic E-state index is -1.16. The van der Waals surface area contributed by atoms with Crippen molar-refractivity contribution >= 4 is 33.3 Å². The Morgan fingerprint density at radius 2 is 1.90 bits per heavy atom. The first-order chi connectivity index (χ1) is 25.1. The molecule has 52 heavy (non-hydrogen) atoms. The van der Waals surface area contributed by atoms with Crippen LogP contribution >= 0.6 is 21.6 Å². The van der Waals surface area contributed by atoms with E-state index < -0.39 is 19.2 Å². The third-order valence-corrected chi connectivity index (χ3v) is 14.4. The molecule has 1 fully saturated rings. The number of nitrogens with one attached hydrogen (secondary N) is 2. The maximum Gasteiger partial charge on any atom is 0.201 e. The molecular formula is C39H49N3O8S2. The standard InChI is InChI=1S/C39H49N3O8S2/c1-20(2)30-18-51-52-33-11-8-22-14-24-15-23(4-3-5-26-21(6-9-25(44)16-32(22)46)7-10-31(45)36(26)49-19-43)35(47)37-27(24)17-28(38(48)50-37)34(33)29-12-13-40-39(41-29)42-30/h7,10,15,20,22,28-30,32-34,38,43,45-48H,4,6,8-9,11-14,16-19H2,1-2H3,(H2,40,41,42)/t22-,28-,29-,30-,32-,33+,34-,38-/m0/s1. The molecule has 11 nitrogen and oxygen atoms in total. The summed E-state index contributed by atoms with van der Waals surface area (Å²) in [6.07, 6.45) is 1.79. The minimum absolute atomic E-state index is 0.00351. The number of carbonyl (C=O) groups is 1. The van der Waals surface area contributed by atoms with E-state index in [4.69, 9.17) is 14.5 Å². The highest BCUT2D eigenvalue weighted by Gasteiger charge is 2.46. The fraction of sp³-hybridized carbons (Fsp3) is 0.590. The number of aliphatic hydroxyl groups is 3. The van der Waals surface area contributed by atoms with E-state index in [1.807, 2.05) is 27.7 Å². The number of aryl methyl sites for hydroxylation is 1. The second-order valence-corrected chi connectivity index (χ2v) is 17.7. The molecule has 7 rings (SSSR count). The smallest absolute Gasteiger partial charge is 0.201 e. The maximum atomic E-state index is 13.5. The summed E-state index contributed by atoms with van der Waals surface area (Å²) in [6.45, 7) is 4.42.